The molecule has 1 aliphatic carbocycles. The van der Waals surface area contributed by atoms with E-state index in [1.807, 2.05) is 6.07 Å². The van der Waals surface area contributed by atoms with Gasteiger partial charge in [0.15, 0.2) is 0 Å². The highest BCUT2D eigenvalue weighted by Gasteiger charge is 2.42. The molecule has 1 fully saturated rings. The first-order chi connectivity index (χ1) is 8.66. The number of aliphatic imine (C=N–C) groups is 1. The van der Waals surface area contributed by atoms with E-state index in [0.29, 0.717) is 16.5 Å². The maximum Gasteiger partial charge on any atom is 0.235 e. The molecule has 0 aromatic heterocycles. The Morgan fingerprint density at radius 3 is 2.50 bits per heavy atom. The minimum atomic E-state index is -0.550. The largest absolute Gasteiger partial charge is 0.497 e. The minimum absolute atomic E-state index is 0.458. The van der Waals surface area contributed by atoms with Gasteiger partial charge in [0.25, 0.3) is 0 Å². The smallest absolute Gasteiger partial charge is 0.235 e. The molecule has 5 heteroatoms. The molecule has 1 saturated carbocycles. The van der Waals surface area contributed by atoms with Gasteiger partial charge in [-0.3, -0.25) is 0 Å². The van der Waals surface area contributed by atoms with Crippen LogP contribution in [0.4, 0.5) is 0 Å². The van der Waals surface area contributed by atoms with Crippen LogP contribution in [0, 0.1) is 0 Å². The molecular formula is C13H14ClNO3. The molecule has 1 aliphatic rings. The second-order valence-corrected chi connectivity index (χ2v) is 4.69. The fraction of sp³-hybridized carbons (Fsp3) is 0.462. The van der Waals surface area contributed by atoms with E-state index in [9.17, 15) is 4.79 Å². The van der Waals surface area contributed by atoms with Gasteiger partial charge in [-0.25, -0.2) is 4.79 Å². The first-order valence-corrected chi connectivity index (χ1v) is 6.05. The van der Waals surface area contributed by atoms with Crippen LogP contribution in [-0.2, 0) is 10.3 Å². The Hall–Kier alpha value is -1.51. The van der Waals surface area contributed by atoms with Gasteiger partial charge in [0.1, 0.15) is 17.0 Å². The van der Waals surface area contributed by atoms with Crippen molar-refractivity contribution < 1.29 is 14.3 Å². The third-order valence-electron chi connectivity index (χ3n) is 3.40. The topological polar surface area (TPSA) is 47.9 Å². The molecule has 0 heterocycles. The lowest BCUT2D eigenvalue weighted by Gasteiger charge is -2.38. The molecule has 0 atom stereocenters. The van der Waals surface area contributed by atoms with Gasteiger partial charge >= 0.3 is 0 Å². The van der Waals surface area contributed by atoms with Crippen molar-refractivity contribution >= 4 is 17.7 Å². The highest BCUT2D eigenvalue weighted by molar-refractivity contribution is 6.32. The molecule has 18 heavy (non-hydrogen) atoms. The number of halogens is 1. The third kappa shape index (κ3) is 1.98. The van der Waals surface area contributed by atoms with Gasteiger partial charge in [0, 0.05) is 11.6 Å². The number of nitrogens with zero attached hydrogens (tertiary/aromatic N) is 1. The number of rotatable bonds is 4. The van der Waals surface area contributed by atoms with Crippen molar-refractivity contribution in [3.63, 3.8) is 0 Å². The predicted molar refractivity (Wildman–Crippen MR) is 68.2 cm³/mol. The molecule has 96 valence electrons. The summed E-state index contributed by atoms with van der Waals surface area (Å²) in [5, 5.41) is 0.458. The van der Waals surface area contributed by atoms with E-state index >= 15 is 0 Å². The third-order valence-corrected chi connectivity index (χ3v) is 3.68. The van der Waals surface area contributed by atoms with Crippen molar-refractivity contribution in [1.29, 1.82) is 0 Å². The van der Waals surface area contributed by atoms with Crippen molar-refractivity contribution in [1.82, 2.24) is 0 Å². The van der Waals surface area contributed by atoms with Gasteiger partial charge in [-0.05, 0) is 25.3 Å². The first kappa shape index (κ1) is 12.9. The van der Waals surface area contributed by atoms with Crippen molar-refractivity contribution in [3.05, 3.63) is 22.7 Å². The van der Waals surface area contributed by atoms with E-state index in [2.05, 4.69) is 4.99 Å². The standard InChI is InChI=1S/C13H14ClNO3/c1-17-9-6-10(12(18-2)11(14)7-9)13(15-8-16)4-3-5-13/h6-7H,3-5H2,1-2H3. The van der Waals surface area contributed by atoms with Crippen molar-refractivity contribution in [2.75, 3.05) is 14.2 Å². The summed E-state index contributed by atoms with van der Waals surface area (Å²) < 4.78 is 10.5. The van der Waals surface area contributed by atoms with Crippen LogP contribution < -0.4 is 9.47 Å². The van der Waals surface area contributed by atoms with Gasteiger partial charge in [-0.15, -0.1) is 0 Å². The normalized spacial score (nSPS) is 16.4. The van der Waals surface area contributed by atoms with E-state index in [0.717, 1.165) is 24.8 Å². The molecule has 4 nitrogen and oxygen atoms in total. The second-order valence-electron chi connectivity index (χ2n) is 4.28. The quantitative estimate of drug-likeness (QED) is 0.622. The van der Waals surface area contributed by atoms with Gasteiger partial charge < -0.3 is 9.47 Å². The molecule has 1 aromatic rings. The van der Waals surface area contributed by atoms with E-state index in [1.54, 1.807) is 26.4 Å². The number of hydrogen-bond donors (Lipinski definition) is 0. The molecular weight excluding hydrogens is 254 g/mol. The zero-order valence-corrected chi connectivity index (χ0v) is 11.1. The van der Waals surface area contributed by atoms with Crippen LogP contribution in [0.25, 0.3) is 0 Å². The highest BCUT2D eigenvalue weighted by Crippen LogP contribution is 2.50. The molecule has 2 rings (SSSR count). The average molecular weight is 268 g/mol. The monoisotopic (exact) mass is 267 g/mol. The molecule has 0 radical (unpaired) electrons. The lowest BCUT2D eigenvalue weighted by atomic mass is 9.72. The average Bonchev–Trinajstić information content (AvgIpc) is 2.32. The Bertz CT molecular complexity index is 505. The fourth-order valence-corrected chi connectivity index (χ4v) is 2.57. The lowest BCUT2D eigenvalue weighted by molar-refractivity contribution is 0.245. The Balaban J connectivity index is 2.60. The van der Waals surface area contributed by atoms with Crippen LogP contribution in [-0.4, -0.2) is 20.3 Å². The summed E-state index contributed by atoms with van der Waals surface area (Å²) >= 11 is 6.16. The number of benzene rings is 1. The summed E-state index contributed by atoms with van der Waals surface area (Å²) in [7, 11) is 3.12. The zero-order valence-electron chi connectivity index (χ0n) is 10.3. The lowest BCUT2D eigenvalue weighted by Crippen LogP contribution is -2.32. The minimum Gasteiger partial charge on any atom is -0.497 e. The molecule has 0 spiro atoms. The fourth-order valence-electron chi connectivity index (χ4n) is 2.28. The number of hydrogen-bond acceptors (Lipinski definition) is 4. The van der Waals surface area contributed by atoms with Crippen LogP contribution in [0.2, 0.25) is 5.02 Å². The van der Waals surface area contributed by atoms with Gasteiger partial charge in [-0.1, -0.05) is 11.6 Å². The molecule has 0 amide bonds. The molecule has 0 bridgehead atoms. The Labute approximate surface area is 111 Å². The zero-order chi connectivity index (χ0) is 13.2. The Morgan fingerprint density at radius 1 is 1.33 bits per heavy atom. The van der Waals surface area contributed by atoms with E-state index in [-0.39, 0.29) is 0 Å². The van der Waals surface area contributed by atoms with Crippen molar-refractivity contribution in [3.8, 4) is 11.5 Å². The predicted octanol–water partition coefficient (Wildman–Crippen LogP) is 3.07. The molecule has 0 saturated heterocycles. The van der Waals surface area contributed by atoms with Crippen LogP contribution >= 0.6 is 11.6 Å². The van der Waals surface area contributed by atoms with Crippen molar-refractivity contribution in [2.45, 2.75) is 24.8 Å². The maximum absolute atomic E-state index is 10.6. The van der Waals surface area contributed by atoms with Crippen LogP contribution in [0.1, 0.15) is 24.8 Å². The Kier molecular flexibility index (Phi) is 3.60. The highest BCUT2D eigenvalue weighted by atomic mass is 35.5. The van der Waals surface area contributed by atoms with Crippen LogP contribution in [0.15, 0.2) is 17.1 Å². The number of carbonyl (C=O) groups excluding carboxylic acids is 1. The van der Waals surface area contributed by atoms with Gasteiger partial charge in [0.05, 0.1) is 19.2 Å². The molecule has 0 unspecified atom stereocenters. The summed E-state index contributed by atoms with van der Waals surface area (Å²) in [6.07, 6.45) is 4.26. The van der Waals surface area contributed by atoms with Crippen molar-refractivity contribution in [2.24, 2.45) is 4.99 Å². The summed E-state index contributed by atoms with van der Waals surface area (Å²) in [5.41, 5.74) is 0.245. The molecule has 1 aromatic carbocycles. The van der Waals surface area contributed by atoms with Gasteiger partial charge in [0.2, 0.25) is 6.08 Å². The second kappa shape index (κ2) is 5.01. The Morgan fingerprint density at radius 2 is 2.06 bits per heavy atom. The van der Waals surface area contributed by atoms with Crippen LogP contribution in [0.5, 0.6) is 11.5 Å². The number of methoxy groups -OCH3 is 2. The SMILES string of the molecule is COc1cc(Cl)c(OC)c(C2(N=C=O)CCC2)c1. The summed E-state index contributed by atoms with van der Waals surface area (Å²) in [6, 6.07) is 3.51. The number of ether oxygens (including phenoxy) is 2. The number of isocyanates is 1. The molecule has 0 aliphatic heterocycles. The maximum atomic E-state index is 10.6. The van der Waals surface area contributed by atoms with Crippen LogP contribution in [0.3, 0.4) is 0 Å². The van der Waals surface area contributed by atoms with E-state index in [4.69, 9.17) is 21.1 Å². The first-order valence-electron chi connectivity index (χ1n) is 5.68. The van der Waals surface area contributed by atoms with E-state index in [1.165, 1.54) is 0 Å². The summed E-state index contributed by atoms with van der Waals surface area (Å²) in [4.78, 5) is 14.6. The summed E-state index contributed by atoms with van der Waals surface area (Å²) in [5.74, 6) is 1.18. The van der Waals surface area contributed by atoms with Gasteiger partial charge in [-0.2, -0.15) is 4.99 Å². The summed E-state index contributed by atoms with van der Waals surface area (Å²) in [6.45, 7) is 0. The molecule has 0 N–H and O–H groups in total. The van der Waals surface area contributed by atoms with E-state index < -0.39 is 5.54 Å².